The number of nitrogens with one attached hydrogen (secondary N) is 1. The van der Waals surface area contributed by atoms with E-state index in [4.69, 9.17) is 10.2 Å². The Labute approximate surface area is 174 Å². The van der Waals surface area contributed by atoms with E-state index in [2.05, 4.69) is 21.4 Å². The second-order valence-corrected chi connectivity index (χ2v) is 7.46. The first-order valence-corrected chi connectivity index (χ1v) is 9.61. The Kier molecular flexibility index (Phi) is 6.53. The van der Waals surface area contributed by atoms with Gasteiger partial charge in [0.25, 0.3) is 0 Å². The maximum Gasteiger partial charge on any atom is 0.189 e. The van der Waals surface area contributed by atoms with E-state index >= 15 is 0 Å². The smallest absolute Gasteiger partial charge is 0.189 e. The minimum absolute atomic E-state index is 0. The van der Waals surface area contributed by atoms with Crippen LogP contribution in [0.3, 0.4) is 0 Å². The number of guanidine groups is 1. The summed E-state index contributed by atoms with van der Waals surface area (Å²) in [5.74, 6) is 2.08. The zero-order valence-corrected chi connectivity index (χ0v) is 17.6. The van der Waals surface area contributed by atoms with Crippen LogP contribution < -0.4 is 11.1 Å². The number of nitrogens with zero attached hydrogens (tertiary/aromatic N) is 2. The van der Waals surface area contributed by atoms with Gasteiger partial charge in [-0.3, -0.25) is 0 Å². The monoisotopic (exact) mass is 482 g/mol. The fourth-order valence-electron chi connectivity index (χ4n) is 3.22. The van der Waals surface area contributed by atoms with Crippen molar-refractivity contribution in [1.82, 2.24) is 10.3 Å². The summed E-state index contributed by atoms with van der Waals surface area (Å²) in [6.07, 6.45) is 6.23. The highest BCUT2D eigenvalue weighted by Crippen LogP contribution is 2.31. The molecule has 1 saturated carbocycles. The van der Waals surface area contributed by atoms with Gasteiger partial charge in [-0.2, -0.15) is 0 Å². The maximum atomic E-state index is 6.01. The fourth-order valence-corrected chi connectivity index (χ4v) is 4.15. The number of rotatable bonds is 4. The van der Waals surface area contributed by atoms with Crippen molar-refractivity contribution in [3.63, 3.8) is 0 Å². The molecule has 3 N–H and O–H groups in total. The Balaban J connectivity index is 0.00000196. The van der Waals surface area contributed by atoms with Gasteiger partial charge in [-0.25, -0.2) is 9.98 Å². The Morgan fingerprint density at radius 1 is 1.19 bits per heavy atom. The summed E-state index contributed by atoms with van der Waals surface area (Å²) in [5.41, 5.74) is 7.01. The van der Waals surface area contributed by atoms with Crippen LogP contribution in [0.2, 0.25) is 0 Å². The average Bonchev–Trinajstić information content (AvgIpc) is 3.27. The van der Waals surface area contributed by atoms with E-state index in [0.717, 1.165) is 26.7 Å². The fraction of sp³-hybridized carbons (Fsp3) is 0.368. The summed E-state index contributed by atoms with van der Waals surface area (Å²) in [6.45, 7) is 0.441. The van der Waals surface area contributed by atoms with Gasteiger partial charge in [-0.15, -0.1) is 35.3 Å². The Bertz CT molecular complexity index is 849. The second-order valence-electron chi connectivity index (χ2n) is 6.43. The number of benzene rings is 1. The van der Waals surface area contributed by atoms with Crippen LogP contribution in [0.1, 0.15) is 37.9 Å². The molecule has 2 heterocycles. The summed E-state index contributed by atoms with van der Waals surface area (Å²) in [5, 5.41) is 4.21. The molecule has 1 aromatic carbocycles. The molecule has 0 atom stereocenters. The molecule has 0 unspecified atom stereocenters. The summed E-state index contributed by atoms with van der Waals surface area (Å²) >= 11 is 1.63. The van der Waals surface area contributed by atoms with Crippen LogP contribution in [-0.2, 0) is 6.54 Å². The SMILES string of the molecule is I.NC(=NCc1ccc(-c2nc3ccccc3s2)o1)NC1CCCCC1. The number of hydrogen-bond donors (Lipinski definition) is 2. The highest BCUT2D eigenvalue weighted by molar-refractivity contribution is 14.0. The number of fused-ring (bicyclic) bond motifs is 1. The van der Waals surface area contributed by atoms with Crippen molar-refractivity contribution in [2.45, 2.75) is 44.7 Å². The number of furan rings is 1. The molecule has 0 amide bonds. The first kappa shape index (κ1) is 19.2. The van der Waals surface area contributed by atoms with Gasteiger partial charge in [0.2, 0.25) is 0 Å². The first-order chi connectivity index (χ1) is 12.3. The Morgan fingerprint density at radius 3 is 2.81 bits per heavy atom. The molecule has 2 aromatic heterocycles. The van der Waals surface area contributed by atoms with Crippen molar-refractivity contribution in [1.29, 1.82) is 0 Å². The largest absolute Gasteiger partial charge is 0.457 e. The van der Waals surface area contributed by atoms with Gasteiger partial charge in [-0.05, 0) is 37.1 Å². The number of nitrogens with two attached hydrogens (primary N) is 1. The molecule has 0 bridgehead atoms. The van der Waals surface area contributed by atoms with Crippen molar-refractivity contribution < 1.29 is 4.42 Å². The van der Waals surface area contributed by atoms with E-state index < -0.39 is 0 Å². The van der Waals surface area contributed by atoms with Gasteiger partial charge >= 0.3 is 0 Å². The van der Waals surface area contributed by atoms with Crippen molar-refractivity contribution in [3.05, 3.63) is 42.2 Å². The zero-order chi connectivity index (χ0) is 17.1. The third-order valence-electron chi connectivity index (χ3n) is 4.53. The van der Waals surface area contributed by atoms with E-state index in [9.17, 15) is 0 Å². The van der Waals surface area contributed by atoms with E-state index in [1.807, 2.05) is 30.3 Å². The molecule has 1 fully saturated rings. The number of thiazole rings is 1. The Morgan fingerprint density at radius 2 is 2.00 bits per heavy atom. The average molecular weight is 482 g/mol. The first-order valence-electron chi connectivity index (χ1n) is 8.79. The van der Waals surface area contributed by atoms with Gasteiger partial charge in [0.05, 0.1) is 10.2 Å². The molecule has 26 heavy (non-hydrogen) atoms. The third-order valence-corrected chi connectivity index (χ3v) is 5.58. The van der Waals surface area contributed by atoms with Crippen molar-refractivity contribution in [2.24, 2.45) is 10.7 Å². The van der Waals surface area contributed by atoms with E-state index in [1.54, 1.807) is 11.3 Å². The number of aromatic nitrogens is 1. The molecular weight excluding hydrogens is 459 g/mol. The lowest BCUT2D eigenvalue weighted by Gasteiger charge is -2.23. The molecule has 3 aromatic rings. The van der Waals surface area contributed by atoms with Crippen LogP contribution >= 0.6 is 35.3 Å². The lowest BCUT2D eigenvalue weighted by molar-refractivity contribution is 0.412. The predicted octanol–water partition coefficient (Wildman–Crippen LogP) is 4.91. The molecule has 0 saturated heterocycles. The molecule has 5 nitrogen and oxygen atoms in total. The summed E-state index contributed by atoms with van der Waals surface area (Å²) < 4.78 is 7.06. The summed E-state index contributed by atoms with van der Waals surface area (Å²) in [4.78, 5) is 9.03. The van der Waals surface area contributed by atoms with Gasteiger partial charge in [0.1, 0.15) is 12.3 Å². The molecule has 7 heteroatoms. The van der Waals surface area contributed by atoms with Crippen LogP contribution in [0.4, 0.5) is 0 Å². The molecule has 0 spiro atoms. The standard InChI is InChI=1S/C19H22N4OS.HI/c20-19(22-13-6-2-1-3-7-13)21-12-14-10-11-16(24-14)18-23-15-8-4-5-9-17(15)25-18;/h4-5,8-11,13H,1-3,6-7,12H2,(H3,20,21,22);1H. The highest BCUT2D eigenvalue weighted by atomic mass is 127. The normalized spacial score (nSPS) is 15.8. The summed E-state index contributed by atoms with van der Waals surface area (Å²) in [6, 6.07) is 12.5. The third kappa shape index (κ3) is 4.56. The molecule has 138 valence electrons. The molecule has 1 aliphatic rings. The molecule has 4 rings (SSSR count). The summed E-state index contributed by atoms with van der Waals surface area (Å²) in [7, 11) is 0. The number of halogens is 1. The van der Waals surface area contributed by atoms with Crippen LogP contribution in [0.15, 0.2) is 45.8 Å². The van der Waals surface area contributed by atoms with Crippen LogP contribution in [0.5, 0.6) is 0 Å². The molecular formula is C19H23IN4OS. The van der Waals surface area contributed by atoms with Crippen LogP contribution in [0, 0.1) is 0 Å². The predicted molar refractivity (Wildman–Crippen MR) is 118 cm³/mol. The number of hydrogen-bond acceptors (Lipinski definition) is 4. The van der Waals surface area contributed by atoms with E-state index in [0.29, 0.717) is 18.5 Å². The van der Waals surface area contributed by atoms with Gasteiger partial charge < -0.3 is 15.5 Å². The zero-order valence-electron chi connectivity index (χ0n) is 14.5. The Hall–Kier alpha value is -1.61. The van der Waals surface area contributed by atoms with E-state index in [-0.39, 0.29) is 24.0 Å². The highest BCUT2D eigenvalue weighted by Gasteiger charge is 2.14. The van der Waals surface area contributed by atoms with Gasteiger partial charge in [0.15, 0.2) is 16.7 Å². The quantitative estimate of drug-likeness (QED) is 0.315. The van der Waals surface area contributed by atoms with Crippen molar-refractivity contribution in [3.8, 4) is 10.8 Å². The minimum Gasteiger partial charge on any atom is -0.457 e. The van der Waals surface area contributed by atoms with Crippen molar-refractivity contribution >= 4 is 51.5 Å². The maximum absolute atomic E-state index is 6.01. The molecule has 0 radical (unpaired) electrons. The lowest BCUT2D eigenvalue weighted by atomic mass is 9.96. The van der Waals surface area contributed by atoms with E-state index in [1.165, 1.54) is 32.1 Å². The lowest BCUT2D eigenvalue weighted by Crippen LogP contribution is -2.41. The topological polar surface area (TPSA) is 76.4 Å². The minimum atomic E-state index is 0. The van der Waals surface area contributed by atoms with Crippen LogP contribution in [0.25, 0.3) is 21.0 Å². The van der Waals surface area contributed by atoms with Crippen molar-refractivity contribution in [2.75, 3.05) is 0 Å². The molecule has 0 aliphatic heterocycles. The molecule has 1 aliphatic carbocycles. The van der Waals surface area contributed by atoms with Gasteiger partial charge in [0, 0.05) is 6.04 Å². The number of para-hydroxylation sites is 1. The number of aliphatic imine (C=N–C) groups is 1. The second kappa shape index (κ2) is 8.85. The van der Waals surface area contributed by atoms with Gasteiger partial charge in [-0.1, -0.05) is 31.4 Å². The van der Waals surface area contributed by atoms with Crippen LogP contribution in [-0.4, -0.2) is 17.0 Å².